The minimum atomic E-state index is -0.209. The average molecular weight is 294 g/mol. The zero-order chi connectivity index (χ0) is 15.0. The quantitative estimate of drug-likeness (QED) is 0.551. The Kier molecular flexibility index (Phi) is 2.68. The monoisotopic (exact) mass is 294 g/mol. The third-order valence-corrected chi connectivity index (χ3v) is 7.23. The molecule has 1 spiro atoms. The van der Waals surface area contributed by atoms with Gasteiger partial charge in [0.1, 0.15) is 11.7 Å². The lowest BCUT2D eigenvalue weighted by Crippen LogP contribution is -2.64. The zero-order valence-corrected chi connectivity index (χ0v) is 13.5. The Balaban J connectivity index is 1.77. The van der Waals surface area contributed by atoms with Crippen LogP contribution in [0, 0.1) is 16.7 Å². The fraction of sp³-hybridized carbons (Fsp3) is 0.941. The first kappa shape index (κ1) is 14.0. The summed E-state index contributed by atoms with van der Waals surface area (Å²) in [5.41, 5.74) is -0.304. The van der Waals surface area contributed by atoms with Gasteiger partial charge < -0.3 is 14.2 Å². The van der Waals surface area contributed by atoms with E-state index < -0.39 is 0 Å². The molecule has 0 N–H and O–H groups in total. The Morgan fingerprint density at radius 1 is 1.24 bits per heavy atom. The van der Waals surface area contributed by atoms with E-state index in [1.165, 1.54) is 13.3 Å². The SMILES string of the molecule is CC(=O)O[C@@H]1C[C@@H]2O[C@H]3C[C@@H](C)CC[C@@]3(C)[C@@]1(C)C21CO1. The van der Waals surface area contributed by atoms with Crippen molar-refractivity contribution < 1.29 is 19.0 Å². The number of hydrogen-bond donors (Lipinski definition) is 0. The first-order valence-electron chi connectivity index (χ1n) is 8.30. The van der Waals surface area contributed by atoms with Crippen LogP contribution < -0.4 is 0 Å². The molecule has 4 nitrogen and oxygen atoms in total. The largest absolute Gasteiger partial charge is 0.462 e. The summed E-state index contributed by atoms with van der Waals surface area (Å²) in [7, 11) is 0. The van der Waals surface area contributed by atoms with Crippen LogP contribution in [0.5, 0.6) is 0 Å². The van der Waals surface area contributed by atoms with Crippen LogP contribution in [-0.4, -0.2) is 36.5 Å². The molecule has 118 valence electrons. The fourth-order valence-corrected chi connectivity index (χ4v) is 5.62. The van der Waals surface area contributed by atoms with Gasteiger partial charge in [0.15, 0.2) is 0 Å². The van der Waals surface area contributed by atoms with Crippen LogP contribution in [-0.2, 0) is 19.0 Å². The summed E-state index contributed by atoms with van der Waals surface area (Å²) in [4.78, 5) is 11.6. The summed E-state index contributed by atoms with van der Waals surface area (Å²) >= 11 is 0. The Hall–Kier alpha value is -0.610. The maximum absolute atomic E-state index is 11.6. The number of carbonyl (C=O) groups excluding carboxylic acids is 1. The van der Waals surface area contributed by atoms with Crippen LogP contribution in [0.1, 0.15) is 53.4 Å². The molecule has 4 rings (SSSR count). The molecule has 2 saturated heterocycles. The minimum absolute atomic E-state index is 0.0309. The molecule has 0 aromatic carbocycles. The normalized spacial score (nSPS) is 57.9. The van der Waals surface area contributed by atoms with Crippen molar-refractivity contribution in [2.75, 3.05) is 6.61 Å². The lowest BCUT2D eigenvalue weighted by molar-refractivity contribution is -0.235. The Labute approximate surface area is 126 Å². The molecular weight excluding hydrogens is 268 g/mol. The second-order valence-corrected chi connectivity index (χ2v) is 8.12. The number of rotatable bonds is 1. The number of esters is 1. The fourth-order valence-electron chi connectivity index (χ4n) is 5.62. The molecule has 7 atom stereocenters. The van der Waals surface area contributed by atoms with E-state index in [-0.39, 0.29) is 40.7 Å². The van der Waals surface area contributed by atoms with Crippen LogP contribution in [0.15, 0.2) is 0 Å². The first-order valence-corrected chi connectivity index (χ1v) is 8.30. The molecule has 2 heterocycles. The predicted octanol–water partition coefficient (Wildman–Crippen LogP) is 2.69. The molecule has 0 radical (unpaired) electrons. The smallest absolute Gasteiger partial charge is 0.302 e. The summed E-state index contributed by atoms with van der Waals surface area (Å²) in [5, 5.41) is 0. The molecule has 4 heteroatoms. The summed E-state index contributed by atoms with van der Waals surface area (Å²) in [5.74, 6) is 0.529. The summed E-state index contributed by atoms with van der Waals surface area (Å²) in [6, 6.07) is 0. The molecule has 1 unspecified atom stereocenters. The van der Waals surface area contributed by atoms with Crippen LogP contribution in [0.2, 0.25) is 0 Å². The maximum Gasteiger partial charge on any atom is 0.302 e. The lowest BCUT2D eigenvalue weighted by Gasteiger charge is -2.59. The van der Waals surface area contributed by atoms with Crippen molar-refractivity contribution >= 4 is 5.97 Å². The standard InChI is InChI=1S/C17H26O4/c1-10-5-6-15(3)12(7-10)21-14-8-13(20-11(2)18)16(15,4)17(14)9-19-17/h10,12-14H,5-9H2,1-4H3/t10-,12-,13+,14-,15+,16-,17?/m0/s1. The minimum Gasteiger partial charge on any atom is -0.462 e. The number of hydrogen-bond acceptors (Lipinski definition) is 4. The van der Waals surface area contributed by atoms with Crippen molar-refractivity contribution in [3.8, 4) is 0 Å². The highest BCUT2D eigenvalue weighted by Crippen LogP contribution is 2.72. The molecule has 4 aliphatic rings. The molecule has 2 aliphatic carbocycles. The van der Waals surface area contributed by atoms with Crippen LogP contribution in [0.4, 0.5) is 0 Å². The molecule has 0 aromatic heterocycles. The van der Waals surface area contributed by atoms with E-state index in [0.717, 1.165) is 25.9 Å². The molecule has 2 bridgehead atoms. The Morgan fingerprint density at radius 3 is 2.57 bits per heavy atom. The van der Waals surface area contributed by atoms with E-state index in [0.29, 0.717) is 5.92 Å². The molecule has 0 amide bonds. The van der Waals surface area contributed by atoms with Gasteiger partial charge in [-0.05, 0) is 25.2 Å². The number of carbonyl (C=O) groups is 1. The van der Waals surface area contributed by atoms with Crippen LogP contribution in [0.3, 0.4) is 0 Å². The van der Waals surface area contributed by atoms with Gasteiger partial charge in [0, 0.05) is 24.2 Å². The van der Waals surface area contributed by atoms with Gasteiger partial charge in [-0.1, -0.05) is 20.8 Å². The topological polar surface area (TPSA) is 48.1 Å². The Bertz CT molecular complexity index is 485. The van der Waals surface area contributed by atoms with Crippen molar-refractivity contribution in [1.29, 1.82) is 0 Å². The van der Waals surface area contributed by atoms with E-state index in [4.69, 9.17) is 14.2 Å². The Morgan fingerprint density at radius 2 is 1.95 bits per heavy atom. The van der Waals surface area contributed by atoms with Gasteiger partial charge in [-0.15, -0.1) is 0 Å². The number of fused-ring (bicyclic) bond motifs is 2. The van der Waals surface area contributed by atoms with Crippen molar-refractivity contribution in [3.63, 3.8) is 0 Å². The maximum atomic E-state index is 11.6. The van der Waals surface area contributed by atoms with Gasteiger partial charge in [-0.3, -0.25) is 4.79 Å². The van der Waals surface area contributed by atoms with E-state index in [9.17, 15) is 4.79 Å². The highest BCUT2D eigenvalue weighted by Gasteiger charge is 2.81. The first-order chi connectivity index (χ1) is 9.83. The summed E-state index contributed by atoms with van der Waals surface area (Å²) < 4.78 is 18.2. The van der Waals surface area contributed by atoms with E-state index in [2.05, 4.69) is 20.8 Å². The van der Waals surface area contributed by atoms with Crippen molar-refractivity contribution in [2.45, 2.75) is 77.3 Å². The van der Waals surface area contributed by atoms with Gasteiger partial charge in [-0.25, -0.2) is 0 Å². The van der Waals surface area contributed by atoms with Crippen molar-refractivity contribution in [2.24, 2.45) is 16.7 Å². The molecule has 2 aliphatic heterocycles. The van der Waals surface area contributed by atoms with E-state index in [1.54, 1.807) is 0 Å². The number of epoxide rings is 1. The lowest BCUT2D eigenvalue weighted by atomic mass is 9.50. The van der Waals surface area contributed by atoms with E-state index in [1.807, 2.05) is 0 Å². The molecule has 4 fully saturated rings. The molecule has 0 aromatic rings. The zero-order valence-electron chi connectivity index (χ0n) is 13.5. The van der Waals surface area contributed by atoms with Crippen LogP contribution in [0.25, 0.3) is 0 Å². The predicted molar refractivity (Wildman–Crippen MR) is 76.7 cm³/mol. The van der Waals surface area contributed by atoms with Crippen molar-refractivity contribution in [3.05, 3.63) is 0 Å². The van der Waals surface area contributed by atoms with E-state index >= 15 is 0 Å². The highest BCUT2D eigenvalue weighted by atomic mass is 16.6. The van der Waals surface area contributed by atoms with Crippen LogP contribution >= 0.6 is 0 Å². The summed E-state index contributed by atoms with van der Waals surface area (Å²) in [6.45, 7) is 9.21. The van der Waals surface area contributed by atoms with Gasteiger partial charge in [0.05, 0.1) is 18.8 Å². The molecule has 2 saturated carbocycles. The van der Waals surface area contributed by atoms with Gasteiger partial charge >= 0.3 is 5.97 Å². The average Bonchev–Trinajstić information content (AvgIpc) is 3.16. The second kappa shape index (κ2) is 4.02. The summed E-state index contributed by atoms with van der Waals surface area (Å²) in [6.07, 6.45) is 4.54. The van der Waals surface area contributed by atoms with Gasteiger partial charge in [0.2, 0.25) is 0 Å². The van der Waals surface area contributed by atoms with Crippen molar-refractivity contribution in [1.82, 2.24) is 0 Å². The van der Waals surface area contributed by atoms with Gasteiger partial charge in [0.25, 0.3) is 0 Å². The van der Waals surface area contributed by atoms with Gasteiger partial charge in [-0.2, -0.15) is 0 Å². The second-order valence-electron chi connectivity index (χ2n) is 8.12. The third kappa shape index (κ3) is 1.51. The number of ether oxygens (including phenoxy) is 3. The molecular formula is C17H26O4. The third-order valence-electron chi connectivity index (χ3n) is 7.23. The molecule has 21 heavy (non-hydrogen) atoms. The highest BCUT2D eigenvalue weighted by molar-refractivity contribution is 5.66.